The van der Waals surface area contributed by atoms with Gasteiger partial charge < -0.3 is 9.64 Å². The molecular weight excluding hydrogens is 226 g/mol. The second kappa shape index (κ2) is 5.34. The molecule has 0 spiro atoms. The topological polar surface area (TPSA) is 38.2 Å². The molecule has 16 heavy (non-hydrogen) atoms. The van der Waals surface area contributed by atoms with Gasteiger partial charge in [0.05, 0.1) is 7.11 Å². The number of anilines is 1. The van der Waals surface area contributed by atoms with Crippen LogP contribution < -0.4 is 9.64 Å². The summed E-state index contributed by atoms with van der Waals surface area (Å²) < 4.78 is 5.09. The molecule has 1 unspecified atom stereocenters. The number of hydrogen-bond acceptors (Lipinski definition) is 4. The van der Waals surface area contributed by atoms with Crippen LogP contribution in [0.4, 0.5) is 5.95 Å². The Labute approximate surface area is 101 Å². The molecule has 1 aliphatic rings. The average Bonchev–Trinajstić information content (AvgIpc) is 2.78. The molecule has 0 N–H and O–H groups in total. The molecule has 0 bridgehead atoms. The number of nitrogens with zero attached hydrogens (tertiary/aromatic N) is 3. The van der Waals surface area contributed by atoms with Crippen molar-refractivity contribution in [1.82, 2.24) is 9.97 Å². The number of hydrogen-bond donors (Lipinski definition) is 0. The van der Waals surface area contributed by atoms with Gasteiger partial charge in [-0.25, -0.2) is 4.98 Å². The van der Waals surface area contributed by atoms with Crippen LogP contribution in [0.2, 0.25) is 0 Å². The Kier molecular flexibility index (Phi) is 3.83. The van der Waals surface area contributed by atoms with Gasteiger partial charge in [0.2, 0.25) is 11.8 Å². The summed E-state index contributed by atoms with van der Waals surface area (Å²) in [6.07, 6.45) is 3.98. The minimum Gasteiger partial charge on any atom is -0.481 e. The molecule has 1 aromatic rings. The summed E-state index contributed by atoms with van der Waals surface area (Å²) >= 11 is 5.75. The van der Waals surface area contributed by atoms with Crippen molar-refractivity contribution in [3.63, 3.8) is 0 Å². The van der Waals surface area contributed by atoms with Crippen LogP contribution in [0, 0.1) is 5.92 Å². The van der Waals surface area contributed by atoms with Crippen molar-refractivity contribution < 1.29 is 4.74 Å². The van der Waals surface area contributed by atoms with E-state index in [4.69, 9.17) is 16.3 Å². The number of aromatic nitrogens is 2. The van der Waals surface area contributed by atoms with Crippen molar-refractivity contribution in [3.05, 3.63) is 12.3 Å². The molecule has 88 valence electrons. The second-order valence-corrected chi connectivity index (χ2v) is 4.36. The van der Waals surface area contributed by atoms with Gasteiger partial charge in [-0.3, -0.25) is 0 Å². The highest BCUT2D eigenvalue weighted by Crippen LogP contribution is 2.24. The van der Waals surface area contributed by atoms with Crippen molar-refractivity contribution in [1.29, 1.82) is 0 Å². The maximum Gasteiger partial charge on any atom is 0.228 e. The molecule has 0 aliphatic carbocycles. The molecule has 1 saturated heterocycles. The van der Waals surface area contributed by atoms with Gasteiger partial charge in [-0.2, -0.15) is 4.98 Å². The van der Waals surface area contributed by atoms with Crippen molar-refractivity contribution >= 4 is 17.5 Å². The van der Waals surface area contributed by atoms with Crippen molar-refractivity contribution in [2.75, 3.05) is 31.0 Å². The summed E-state index contributed by atoms with van der Waals surface area (Å²) in [5.41, 5.74) is 0. The molecule has 2 rings (SSSR count). The van der Waals surface area contributed by atoms with Crippen LogP contribution in [-0.2, 0) is 0 Å². The van der Waals surface area contributed by atoms with Crippen molar-refractivity contribution in [2.24, 2.45) is 5.92 Å². The van der Waals surface area contributed by atoms with Gasteiger partial charge >= 0.3 is 0 Å². The highest BCUT2D eigenvalue weighted by Gasteiger charge is 2.23. The van der Waals surface area contributed by atoms with Crippen LogP contribution >= 0.6 is 11.6 Å². The van der Waals surface area contributed by atoms with E-state index in [1.807, 2.05) is 0 Å². The van der Waals surface area contributed by atoms with E-state index in [1.54, 1.807) is 19.4 Å². The second-order valence-electron chi connectivity index (χ2n) is 3.98. The first kappa shape index (κ1) is 11.5. The summed E-state index contributed by atoms with van der Waals surface area (Å²) in [5, 5.41) is 0. The van der Waals surface area contributed by atoms with Crippen LogP contribution in [0.1, 0.15) is 12.8 Å². The van der Waals surface area contributed by atoms with Gasteiger partial charge in [-0.15, -0.1) is 11.6 Å². The highest BCUT2D eigenvalue weighted by atomic mass is 35.5. The van der Waals surface area contributed by atoms with E-state index in [9.17, 15) is 0 Å². The average molecular weight is 242 g/mol. The van der Waals surface area contributed by atoms with Gasteiger partial charge in [0.1, 0.15) is 0 Å². The molecular formula is C11H16ClN3O. The molecule has 1 aliphatic heterocycles. The van der Waals surface area contributed by atoms with Crippen molar-refractivity contribution in [2.45, 2.75) is 12.8 Å². The van der Waals surface area contributed by atoms with E-state index in [2.05, 4.69) is 14.9 Å². The van der Waals surface area contributed by atoms with Gasteiger partial charge in [0.15, 0.2) is 0 Å². The normalized spacial score (nSPS) is 20.1. The molecule has 0 saturated carbocycles. The van der Waals surface area contributed by atoms with E-state index in [1.165, 1.54) is 6.42 Å². The molecule has 5 heteroatoms. The lowest BCUT2D eigenvalue weighted by Crippen LogP contribution is -2.22. The fraction of sp³-hybridized carbons (Fsp3) is 0.636. The first-order chi connectivity index (χ1) is 7.83. The smallest absolute Gasteiger partial charge is 0.228 e. The summed E-state index contributed by atoms with van der Waals surface area (Å²) in [6.45, 7) is 2.01. The van der Waals surface area contributed by atoms with Crippen molar-refractivity contribution in [3.8, 4) is 5.88 Å². The first-order valence-corrected chi connectivity index (χ1v) is 6.05. The molecule has 0 aromatic carbocycles. The van der Waals surface area contributed by atoms with E-state index in [0.717, 1.165) is 31.3 Å². The largest absolute Gasteiger partial charge is 0.481 e. The van der Waals surface area contributed by atoms with Crippen LogP contribution in [-0.4, -0.2) is 36.0 Å². The molecule has 1 fully saturated rings. The fourth-order valence-electron chi connectivity index (χ4n) is 2.00. The summed E-state index contributed by atoms with van der Waals surface area (Å²) in [5.74, 6) is 2.78. The summed E-state index contributed by atoms with van der Waals surface area (Å²) in [4.78, 5) is 10.8. The summed E-state index contributed by atoms with van der Waals surface area (Å²) in [6, 6.07) is 1.76. The standard InChI is InChI=1S/C11H16ClN3O/c1-16-10-3-6-13-11(14-10)15-7-4-9(8-15)2-5-12/h3,6,9H,2,4-5,7-8H2,1H3. The Hall–Kier alpha value is -1.03. The Morgan fingerprint density at radius 1 is 1.62 bits per heavy atom. The zero-order chi connectivity index (χ0) is 11.4. The monoisotopic (exact) mass is 241 g/mol. The van der Waals surface area contributed by atoms with Gasteiger partial charge in [-0.05, 0) is 18.8 Å². The molecule has 0 radical (unpaired) electrons. The quantitative estimate of drug-likeness (QED) is 0.756. The third kappa shape index (κ3) is 2.55. The van der Waals surface area contributed by atoms with Crippen LogP contribution in [0.25, 0.3) is 0 Å². The van der Waals surface area contributed by atoms with Gasteiger partial charge in [0.25, 0.3) is 0 Å². The third-order valence-electron chi connectivity index (χ3n) is 2.91. The molecule has 4 nitrogen and oxygen atoms in total. The third-order valence-corrected chi connectivity index (χ3v) is 3.13. The lowest BCUT2D eigenvalue weighted by Gasteiger charge is -2.16. The SMILES string of the molecule is COc1ccnc(N2CCC(CCCl)C2)n1. The maximum atomic E-state index is 5.75. The number of ether oxygens (including phenoxy) is 1. The Morgan fingerprint density at radius 2 is 2.50 bits per heavy atom. The zero-order valence-corrected chi connectivity index (χ0v) is 10.2. The minimum absolute atomic E-state index is 0.616. The lowest BCUT2D eigenvalue weighted by atomic mass is 10.1. The highest BCUT2D eigenvalue weighted by molar-refractivity contribution is 6.17. The maximum absolute atomic E-state index is 5.75. The molecule has 1 aromatic heterocycles. The zero-order valence-electron chi connectivity index (χ0n) is 9.40. The predicted octanol–water partition coefficient (Wildman–Crippen LogP) is 1.94. The Bertz CT molecular complexity index is 348. The van der Waals surface area contributed by atoms with E-state index in [0.29, 0.717) is 11.8 Å². The fourth-order valence-corrected chi connectivity index (χ4v) is 2.31. The van der Waals surface area contributed by atoms with Gasteiger partial charge in [-0.1, -0.05) is 0 Å². The van der Waals surface area contributed by atoms with Crippen LogP contribution in [0.3, 0.4) is 0 Å². The number of halogens is 1. The predicted molar refractivity (Wildman–Crippen MR) is 64.2 cm³/mol. The minimum atomic E-state index is 0.616. The number of methoxy groups -OCH3 is 1. The van der Waals surface area contributed by atoms with E-state index in [-0.39, 0.29) is 0 Å². The van der Waals surface area contributed by atoms with Crippen LogP contribution in [0.15, 0.2) is 12.3 Å². The number of alkyl halides is 1. The lowest BCUT2D eigenvalue weighted by molar-refractivity contribution is 0.397. The van der Waals surface area contributed by atoms with Crippen LogP contribution in [0.5, 0.6) is 5.88 Å². The Morgan fingerprint density at radius 3 is 3.25 bits per heavy atom. The summed E-state index contributed by atoms with van der Waals surface area (Å²) in [7, 11) is 1.62. The first-order valence-electron chi connectivity index (χ1n) is 5.51. The van der Waals surface area contributed by atoms with E-state index >= 15 is 0 Å². The molecule has 1 atom stereocenters. The number of rotatable bonds is 4. The Balaban J connectivity index is 2.02. The molecule has 2 heterocycles. The van der Waals surface area contributed by atoms with E-state index < -0.39 is 0 Å². The van der Waals surface area contributed by atoms with Gasteiger partial charge in [0, 0.05) is 31.2 Å². The molecule has 0 amide bonds.